The molecule has 3 atom stereocenters. The summed E-state index contributed by atoms with van der Waals surface area (Å²) in [5, 5.41) is 11.1. The zero-order valence-electron chi connectivity index (χ0n) is 37.1. The molecule has 0 aliphatic carbocycles. The van der Waals surface area contributed by atoms with Crippen molar-refractivity contribution >= 4 is 22.3 Å². The molecule has 0 aliphatic rings. The molecule has 0 rings (SSSR count). The van der Waals surface area contributed by atoms with Gasteiger partial charge in [0.25, 0.3) is 0 Å². The summed E-state index contributed by atoms with van der Waals surface area (Å²) in [5.41, 5.74) is 4.48. The smallest absolute Gasteiger partial charge is 0.397 e. The minimum absolute atomic E-state index is 0.0289. The first-order valence-electron chi connectivity index (χ1n) is 23.3. The minimum Gasteiger partial charge on any atom is -0.463 e. The van der Waals surface area contributed by atoms with Crippen molar-refractivity contribution in [2.75, 3.05) is 13.2 Å². The lowest BCUT2D eigenvalue weighted by molar-refractivity contribution is -0.170. The summed E-state index contributed by atoms with van der Waals surface area (Å²) < 4.78 is 41.8. The van der Waals surface area contributed by atoms with Crippen molar-refractivity contribution < 1.29 is 41.3 Å². The van der Waals surface area contributed by atoms with Crippen molar-refractivity contribution in [1.29, 1.82) is 0 Å². The maximum absolute atomic E-state index is 12.5. The second-order valence-corrected chi connectivity index (χ2v) is 17.3. The third-order valence-electron chi connectivity index (χ3n) is 10.6. The van der Waals surface area contributed by atoms with E-state index in [1.165, 1.54) is 161 Å². The summed E-state index contributed by atoms with van der Waals surface area (Å²) in [7, 11) is -4.17. The maximum atomic E-state index is 12.5. The first-order chi connectivity index (χ1) is 26.8. The number of hydrogen-bond acceptors (Lipinski definition) is 9. The Labute approximate surface area is 345 Å². The molecule has 56 heavy (non-hydrogen) atoms. The molecule has 0 fully saturated rings. The number of carbonyl (C=O) groups is 2. The van der Waals surface area contributed by atoms with Gasteiger partial charge in [-0.3, -0.25) is 14.1 Å². The van der Waals surface area contributed by atoms with Crippen LogP contribution in [0.4, 0.5) is 0 Å². The summed E-state index contributed by atoms with van der Waals surface area (Å²) >= 11 is 0. The van der Waals surface area contributed by atoms with Crippen LogP contribution in [-0.4, -0.2) is 61.0 Å². The normalized spacial score (nSPS) is 13.7. The summed E-state index contributed by atoms with van der Waals surface area (Å²) in [6, 6.07) is 0. The van der Waals surface area contributed by atoms with E-state index in [2.05, 4.69) is 18.0 Å². The molecule has 0 heterocycles. The molecule has 0 radical (unpaired) electrons. The highest BCUT2D eigenvalue weighted by Gasteiger charge is 2.37. The average molecular weight is 822 g/mol. The largest absolute Gasteiger partial charge is 0.463 e. The van der Waals surface area contributed by atoms with E-state index in [4.69, 9.17) is 19.8 Å². The molecule has 10 nitrogen and oxygen atoms in total. The highest BCUT2D eigenvalue weighted by atomic mass is 32.3. The van der Waals surface area contributed by atoms with Gasteiger partial charge in [-0.2, -0.15) is 8.42 Å². The number of unbranched alkanes of at least 4 members (excludes halogenated alkanes) is 28. The van der Waals surface area contributed by atoms with Gasteiger partial charge in [0.15, 0.2) is 0 Å². The number of aliphatic hydroxyl groups is 1. The quantitative estimate of drug-likeness (QED) is 0.0308. The molecule has 0 bridgehead atoms. The van der Waals surface area contributed by atoms with Crippen LogP contribution in [0.3, 0.4) is 0 Å². The lowest BCUT2D eigenvalue weighted by Crippen LogP contribution is -2.51. The Morgan fingerprint density at radius 1 is 0.536 bits per heavy atom. The van der Waals surface area contributed by atoms with Crippen LogP contribution in [0, 0.1) is 0 Å². The molecule has 336 valence electrons. The Morgan fingerprint density at radius 3 is 1.07 bits per heavy atom. The van der Waals surface area contributed by atoms with Crippen molar-refractivity contribution in [2.45, 2.75) is 264 Å². The fourth-order valence-electron chi connectivity index (χ4n) is 7.03. The second kappa shape index (κ2) is 40.5. The van der Waals surface area contributed by atoms with Gasteiger partial charge in [0.05, 0.1) is 6.61 Å². The molecule has 11 heteroatoms. The zero-order valence-corrected chi connectivity index (χ0v) is 38.0. The van der Waals surface area contributed by atoms with E-state index in [9.17, 15) is 23.1 Å². The molecule has 0 amide bonds. The summed E-state index contributed by atoms with van der Waals surface area (Å²) in [6.07, 6.45) is 38.2. The Morgan fingerprint density at radius 2 is 0.821 bits per heavy atom. The number of carbonyl (C=O) groups excluding carboxylic acids is 2. The molecule has 3 unspecified atom stereocenters. The van der Waals surface area contributed by atoms with E-state index < -0.39 is 28.2 Å². The Hall–Kier alpha value is -1.27. The molecular weight excluding hydrogens is 731 g/mol. The van der Waals surface area contributed by atoms with Gasteiger partial charge in [0.2, 0.25) is 0 Å². The fraction of sp³-hybridized carbons (Fsp3) is 0.956. The number of ether oxygens (including phenoxy) is 2. The fourth-order valence-corrected chi connectivity index (χ4v) is 7.33. The highest BCUT2D eigenvalue weighted by Crippen LogP contribution is 2.23. The molecule has 0 aromatic heterocycles. The van der Waals surface area contributed by atoms with E-state index in [0.29, 0.717) is 12.8 Å². The second-order valence-electron chi connectivity index (χ2n) is 16.2. The van der Waals surface area contributed by atoms with Gasteiger partial charge in [-0.15, -0.1) is 0 Å². The third kappa shape index (κ3) is 40.9. The van der Waals surface area contributed by atoms with Gasteiger partial charge >= 0.3 is 22.3 Å². The first-order valence-corrected chi connectivity index (χ1v) is 24.6. The molecule has 0 saturated heterocycles. The van der Waals surface area contributed by atoms with Crippen LogP contribution < -0.4 is 5.73 Å². The summed E-state index contributed by atoms with van der Waals surface area (Å²) in [4.78, 5) is 24.9. The summed E-state index contributed by atoms with van der Waals surface area (Å²) in [5.74, 6) is -0.536. The number of esters is 2. The predicted molar refractivity (Wildman–Crippen MR) is 232 cm³/mol. The SMILES string of the molecule is CCCCCCCCCCCCCCCCCC(=O)OC(C)CC(O)(CN)C(C)OC(=O)CCCCCCCCCCCCCCCCC.CCOS(=O)(=O)O. The number of nitrogens with two attached hydrogens (primary N) is 1. The average Bonchev–Trinajstić information content (AvgIpc) is 3.14. The van der Waals surface area contributed by atoms with Gasteiger partial charge in [-0.05, 0) is 33.6 Å². The van der Waals surface area contributed by atoms with Crippen LogP contribution in [-0.2, 0) is 33.6 Å². The Balaban J connectivity index is 0. The topological polar surface area (TPSA) is 162 Å². The highest BCUT2D eigenvalue weighted by molar-refractivity contribution is 7.80. The van der Waals surface area contributed by atoms with Crippen LogP contribution in [0.25, 0.3) is 0 Å². The zero-order chi connectivity index (χ0) is 42.2. The van der Waals surface area contributed by atoms with E-state index in [1.54, 1.807) is 13.8 Å². The standard InChI is InChI=1S/C43H85NO5.C2H6O4S/c1-5-7-9-11-13-15-17-19-21-23-25-27-29-31-33-35-41(45)48-39(3)37-43(47,38-44)40(4)49-42(46)36-34-32-30-28-26-24-22-20-18-16-14-12-10-8-6-2;1-2-6-7(3,4)5/h39-40,47H,5-38,44H2,1-4H3;2H2,1H3,(H,3,4,5). The van der Waals surface area contributed by atoms with Crippen molar-refractivity contribution in [2.24, 2.45) is 5.73 Å². The maximum Gasteiger partial charge on any atom is 0.397 e. The molecule has 4 N–H and O–H groups in total. The van der Waals surface area contributed by atoms with Crippen molar-refractivity contribution in [3.8, 4) is 0 Å². The monoisotopic (exact) mass is 822 g/mol. The number of hydrogen-bond donors (Lipinski definition) is 3. The van der Waals surface area contributed by atoms with Gasteiger partial charge in [0.1, 0.15) is 17.8 Å². The molecule has 0 saturated carbocycles. The van der Waals surface area contributed by atoms with Crippen molar-refractivity contribution in [3.63, 3.8) is 0 Å². The molecule has 0 spiro atoms. The predicted octanol–water partition coefficient (Wildman–Crippen LogP) is 12.3. The van der Waals surface area contributed by atoms with Crippen LogP contribution in [0.5, 0.6) is 0 Å². The molecule has 0 aromatic carbocycles. The van der Waals surface area contributed by atoms with Gasteiger partial charge < -0.3 is 20.3 Å². The van der Waals surface area contributed by atoms with Crippen molar-refractivity contribution in [1.82, 2.24) is 0 Å². The minimum atomic E-state index is -4.17. The molecular formula is C45H91NO9S. The van der Waals surface area contributed by atoms with Gasteiger partial charge in [-0.1, -0.05) is 194 Å². The Bertz CT molecular complexity index is 981. The third-order valence-corrected chi connectivity index (χ3v) is 11.2. The summed E-state index contributed by atoms with van der Waals surface area (Å²) in [6.45, 7) is 9.36. The van der Waals surface area contributed by atoms with Crippen LogP contribution >= 0.6 is 0 Å². The first kappa shape index (κ1) is 56.8. The van der Waals surface area contributed by atoms with Crippen LogP contribution in [0.15, 0.2) is 0 Å². The van der Waals surface area contributed by atoms with Crippen LogP contribution in [0.1, 0.15) is 247 Å². The molecule has 0 aromatic rings. The molecule has 0 aliphatic heterocycles. The van der Waals surface area contributed by atoms with E-state index in [0.717, 1.165) is 38.5 Å². The number of rotatable bonds is 40. The lowest BCUT2D eigenvalue weighted by Gasteiger charge is -2.34. The van der Waals surface area contributed by atoms with Gasteiger partial charge in [-0.25, -0.2) is 4.18 Å². The lowest BCUT2D eigenvalue weighted by atomic mass is 9.91. The van der Waals surface area contributed by atoms with E-state index >= 15 is 0 Å². The Kier molecular flexibility index (Phi) is 41.1. The van der Waals surface area contributed by atoms with Crippen molar-refractivity contribution in [3.05, 3.63) is 0 Å². The van der Waals surface area contributed by atoms with E-state index in [1.807, 2.05) is 0 Å². The van der Waals surface area contributed by atoms with E-state index in [-0.39, 0.29) is 31.5 Å². The van der Waals surface area contributed by atoms with Crippen LogP contribution in [0.2, 0.25) is 0 Å². The van der Waals surface area contributed by atoms with Gasteiger partial charge in [0, 0.05) is 25.8 Å².